The SMILES string of the molecule is COc1cc(S(=O)(=O)c2ccccc2)c(-c2nc(C)nn2C)cc1OCc1ccccc1. The van der Waals surface area contributed by atoms with E-state index in [4.69, 9.17) is 9.47 Å². The Morgan fingerprint density at radius 2 is 1.59 bits per heavy atom. The van der Waals surface area contributed by atoms with Crippen LogP contribution in [0, 0.1) is 6.92 Å². The van der Waals surface area contributed by atoms with Gasteiger partial charge in [-0.05, 0) is 30.7 Å². The minimum atomic E-state index is -3.86. The lowest BCUT2D eigenvalue weighted by Crippen LogP contribution is -2.08. The monoisotopic (exact) mass is 449 g/mol. The zero-order chi connectivity index (χ0) is 22.7. The predicted molar refractivity (Wildman–Crippen MR) is 120 cm³/mol. The van der Waals surface area contributed by atoms with Crippen molar-refractivity contribution < 1.29 is 17.9 Å². The third kappa shape index (κ3) is 4.22. The van der Waals surface area contributed by atoms with E-state index in [0.717, 1.165) is 5.56 Å². The number of methoxy groups -OCH3 is 1. The highest BCUT2D eigenvalue weighted by atomic mass is 32.2. The molecule has 164 valence electrons. The van der Waals surface area contributed by atoms with Crippen LogP contribution in [0.4, 0.5) is 0 Å². The van der Waals surface area contributed by atoms with E-state index in [1.54, 1.807) is 55.1 Å². The van der Waals surface area contributed by atoms with Crippen LogP contribution in [0.15, 0.2) is 82.6 Å². The molecule has 0 unspecified atom stereocenters. The normalized spacial score (nSPS) is 11.3. The van der Waals surface area contributed by atoms with Crippen molar-refractivity contribution in [2.75, 3.05) is 7.11 Å². The van der Waals surface area contributed by atoms with Crippen molar-refractivity contribution in [1.82, 2.24) is 14.8 Å². The quantitative estimate of drug-likeness (QED) is 0.420. The third-order valence-electron chi connectivity index (χ3n) is 4.96. The highest BCUT2D eigenvalue weighted by Crippen LogP contribution is 2.39. The van der Waals surface area contributed by atoms with Crippen LogP contribution >= 0.6 is 0 Å². The summed E-state index contributed by atoms with van der Waals surface area (Å²) in [7, 11) is -0.651. The van der Waals surface area contributed by atoms with E-state index < -0.39 is 9.84 Å². The number of rotatable bonds is 7. The number of nitrogens with zero attached hydrogens (tertiary/aromatic N) is 3. The van der Waals surface area contributed by atoms with E-state index in [0.29, 0.717) is 35.3 Å². The fourth-order valence-electron chi connectivity index (χ4n) is 3.42. The summed E-state index contributed by atoms with van der Waals surface area (Å²) in [4.78, 5) is 4.71. The molecule has 0 aliphatic heterocycles. The predicted octanol–water partition coefficient (Wildman–Crippen LogP) is 4.21. The molecule has 3 aromatic carbocycles. The number of sulfone groups is 1. The van der Waals surface area contributed by atoms with Gasteiger partial charge in [0.1, 0.15) is 12.4 Å². The summed E-state index contributed by atoms with van der Waals surface area (Å²) in [5, 5.41) is 4.29. The van der Waals surface area contributed by atoms with Gasteiger partial charge in [0.25, 0.3) is 0 Å². The molecule has 0 bridgehead atoms. The van der Waals surface area contributed by atoms with Crippen LogP contribution in [0.1, 0.15) is 11.4 Å². The molecule has 0 amide bonds. The number of benzene rings is 3. The lowest BCUT2D eigenvalue weighted by Gasteiger charge is -2.16. The van der Waals surface area contributed by atoms with Crippen molar-refractivity contribution >= 4 is 9.84 Å². The maximum absolute atomic E-state index is 13.6. The van der Waals surface area contributed by atoms with Crippen LogP contribution in [0.2, 0.25) is 0 Å². The summed E-state index contributed by atoms with van der Waals surface area (Å²) in [5.41, 5.74) is 1.37. The van der Waals surface area contributed by atoms with Gasteiger partial charge in [0.15, 0.2) is 17.3 Å². The van der Waals surface area contributed by atoms with Gasteiger partial charge in [0, 0.05) is 18.7 Å². The van der Waals surface area contributed by atoms with Crippen LogP contribution in [0.25, 0.3) is 11.4 Å². The molecule has 1 heterocycles. The van der Waals surface area contributed by atoms with Gasteiger partial charge in [-0.25, -0.2) is 18.1 Å². The number of aromatic nitrogens is 3. The van der Waals surface area contributed by atoms with Gasteiger partial charge < -0.3 is 9.47 Å². The Morgan fingerprint density at radius 3 is 2.19 bits per heavy atom. The van der Waals surface area contributed by atoms with Gasteiger partial charge in [-0.1, -0.05) is 48.5 Å². The maximum atomic E-state index is 13.6. The van der Waals surface area contributed by atoms with Crippen LogP contribution < -0.4 is 9.47 Å². The highest BCUT2D eigenvalue weighted by Gasteiger charge is 2.27. The largest absolute Gasteiger partial charge is 0.493 e. The second kappa shape index (κ2) is 8.84. The molecule has 0 fully saturated rings. The molecular formula is C24H23N3O4S. The minimum absolute atomic E-state index is 0.0723. The molecule has 4 rings (SSSR count). The third-order valence-corrected chi connectivity index (χ3v) is 6.77. The number of hydrogen-bond donors (Lipinski definition) is 0. The minimum Gasteiger partial charge on any atom is -0.493 e. The molecule has 4 aromatic rings. The summed E-state index contributed by atoms with van der Waals surface area (Å²) in [6.07, 6.45) is 0. The molecule has 0 saturated heterocycles. The molecule has 0 spiro atoms. The van der Waals surface area contributed by atoms with Gasteiger partial charge in [0.2, 0.25) is 9.84 Å². The lowest BCUT2D eigenvalue weighted by molar-refractivity contribution is 0.284. The first-order valence-electron chi connectivity index (χ1n) is 9.97. The van der Waals surface area contributed by atoms with E-state index in [9.17, 15) is 8.42 Å². The van der Waals surface area contributed by atoms with Crippen LogP contribution in [0.3, 0.4) is 0 Å². The van der Waals surface area contributed by atoms with E-state index in [1.807, 2.05) is 30.3 Å². The van der Waals surface area contributed by atoms with E-state index in [2.05, 4.69) is 10.1 Å². The number of ether oxygens (including phenoxy) is 2. The molecule has 0 N–H and O–H groups in total. The maximum Gasteiger partial charge on any atom is 0.207 e. The van der Waals surface area contributed by atoms with Crippen LogP contribution in [-0.2, 0) is 23.5 Å². The topological polar surface area (TPSA) is 83.3 Å². The molecule has 0 aliphatic rings. The summed E-state index contributed by atoms with van der Waals surface area (Å²) >= 11 is 0. The average molecular weight is 450 g/mol. The molecule has 8 heteroatoms. The van der Waals surface area contributed by atoms with Crippen molar-refractivity contribution in [2.45, 2.75) is 23.3 Å². The molecule has 32 heavy (non-hydrogen) atoms. The fraction of sp³-hybridized carbons (Fsp3) is 0.167. The standard InChI is InChI=1S/C24H23N3O4S/c1-17-25-24(27(2)26-17)20-14-22(31-16-18-10-6-4-7-11-18)21(30-3)15-23(20)32(28,29)19-12-8-5-9-13-19/h4-15H,16H2,1-3H3. The molecule has 0 saturated carbocycles. The summed E-state index contributed by atoms with van der Waals surface area (Å²) in [5.74, 6) is 1.69. The Kier molecular flexibility index (Phi) is 5.96. The van der Waals surface area contributed by atoms with Gasteiger partial charge in [-0.15, -0.1) is 0 Å². The van der Waals surface area contributed by atoms with Gasteiger partial charge >= 0.3 is 0 Å². The molecule has 1 aromatic heterocycles. The Balaban J connectivity index is 1.88. The highest BCUT2D eigenvalue weighted by molar-refractivity contribution is 7.91. The second-order valence-corrected chi connectivity index (χ2v) is 9.11. The molecule has 0 radical (unpaired) electrons. The summed E-state index contributed by atoms with van der Waals surface area (Å²) < 4.78 is 40.2. The molecule has 0 aliphatic carbocycles. The van der Waals surface area contributed by atoms with Crippen molar-refractivity contribution in [3.63, 3.8) is 0 Å². The van der Waals surface area contributed by atoms with Crippen LogP contribution in [-0.4, -0.2) is 30.3 Å². The van der Waals surface area contributed by atoms with Gasteiger partial charge in [0.05, 0.1) is 16.9 Å². The van der Waals surface area contributed by atoms with Crippen molar-refractivity contribution in [3.8, 4) is 22.9 Å². The number of aryl methyl sites for hydroxylation is 2. The summed E-state index contributed by atoms with van der Waals surface area (Å²) in [6, 6.07) is 21.1. The fourth-order valence-corrected chi connectivity index (χ4v) is 4.89. The molecule has 7 nitrogen and oxygen atoms in total. The molecular weight excluding hydrogens is 426 g/mol. The number of hydrogen-bond acceptors (Lipinski definition) is 6. The van der Waals surface area contributed by atoms with Crippen molar-refractivity contribution in [3.05, 3.63) is 84.2 Å². The van der Waals surface area contributed by atoms with Crippen molar-refractivity contribution in [1.29, 1.82) is 0 Å². The molecule has 0 atom stereocenters. The Morgan fingerprint density at radius 1 is 0.938 bits per heavy atom. The van der Waals surface area contributed by atoms with Gasteiger partial charge in [-0.2, -0.15) is 5.10 Å². The Bertz CT molecular complexity index is 1330. The zero-order valence-corrected chi connectivity index (χ0v) is 18.8. The first kappa shape index (κ1) is 21.6. The Hall–Kier alpha value is -3.65. The smallest absolute Gasteiger partial charge is 0.207 e. The van der Waals surface area contributed by atoms with E-state index in [1.165, 1.54) is 13.2 Å². The van der Waals surface area contributed by atoms with Gasteiger partial charge in [-0.3, -0.25) is 0 Å². The lowest BCUT2D eigenvalue weighted by atomic mass is 10.1. The Labute approximate surface area is 187 Å². The second-order valence-electron chi connectivity index (χ2n) is 7.20. The average Bonchev–Trinajstić information content (AvgIpc) is 3.16. The first-order chi connectivity index (χ1) is 15.4. The zero-order valence-electron chi connectivity index (χ0n) is 18.0. The summed E-state index contributed by atoms with van der Waals surface area (Å²) in [6.45, 7) is 2.06. The first-order valence-corrected chi connectivity index (χ1v) is 11.5. The van der Waals surface area contributed by atoms with E-state index >= 15 is 0 Å². The van der Waals surface area contributed by atoms with E-state index in [-0.39, 0.29) is 9.79 Å². The van der Waals surface area contributed by atoms with Crippen LogP contribution in [0.5, 0.6) is 11.5 Å². The van der Waals surface area contributed by atoms with Crippen molar-refractivity contribution in [2.24, 2.45) is 7.05 Å².